The molecule has 2 rings (SSSR count). The molecule has 0 atom stereocenters. The number of esters is 1. The van der Waals surface area contributed by atoms with E-state index in [0.29, 0.717) is 5.13 Å². The van der Waals surface area contributed by atoms with Gasteiger partial charge in [0.1, 0.15) is 0 Å². The lowest BCUT2D eigenvalue weighted by Crippen LogP contribution is -2.07. The van der Waals surface area contributed by atoms with Gasteiger partial charge in [0.05, 0.1) is 6.61 Å². The Hall–Kier alpha value is -2.28. The predicted molar refractivity (Wildman–Crippen MR) is 81.7 cm³/mol. The fourth-order valence-electron chi connectivity index (χ4n) is 1.54. The van der Waals surface area contributed by atoms with Crippen molar-refractivity contribution in [1.82, 2.24) is 4.98 Å². The Kier molecular flexibility index (Phi) is 5.60. The molecular weight excluding hydrogens is 310 g/mol. The second kappa shape index (κ2) is 7.65. The molecule has 1 heterocycles. The summed E-state index contributed by atoms with van der Waals surface area (Å²) in [7, 11) is 0. The lowest BCUT2D eigenvalue weighted by Gasteiger charge is -2.03. The Balaban J connectivity index is 1.88. The zero-order valence-electron chi connectivity index (χ0n) is 11.8. The Labute approximate surface area is 130 Å². The molecule has 0 aliphatic rings. The van der Waals surface area contributed by atoms with Gasteiger partial charge in [-0.05, 0) is 24.6 Å². The van der Waals surface area contributed by atoms with Crippen molar-refractivity contribution in [2.75, 3.05) is 11.9 Å². The summed E-state index contributed by atoms with van der Waals surface area (Å²) < 4.78 is 29.3. The smallest absolute Gasteiger partial charge is 0.357 e. The van der Waals surface area contributed by atoms with E-state index in [1.807, 2.05) is 30.3 Å². The molecule has 0 bridgehead atoms. The highest BCUT2D eigenvalue weighted by atomic mass is 32.1. The summed E-state index contributed by atoms with van der Waals surface area (Å²) in [5, 5.41) is 5.18. The first-order valence-corrected chi connectivity index (χ1v) is 7.39. The van der Waals surface area contributed by atoms with E-state index in [9.17, 15) is 13.6 Å². The predicted octanol–water partition coefficient (Wildman–Crippen LogP) is 4.60. The first kappa shape index (κ1) is 16.1. The minimum absolute atomic E-state index is 0.00727. The van der Waals surface area contributed by atoms with Crippen molar-refractivity contribution in [2.24, 2.45) is 0 Å². The molecule has 0 saturated heterocycles. The summed E-state index contributed by atoms with van der Waals surface area (Å²) in [5.41, 5.74) is 0.930. The molecule has 0 fully saturated rings. The number of nitrogens with zero attached hydrogens (tertiary/aromatic N) is 1. The van der Waals surface area contributed by atoms with E-state index in [1.165, 1.54) is 18.3 Å². The van der Waals surface area contributed by atoms with Gasteiger partial charge in [-0.15, -0.1) is 11.3 Å². The summed E-state index contributed by atoms with van der Waals surface area (Å²) in [5.74, 6) is -0.621. The quantitative estimate of drug-likeness (QED) is 0.789. The van der Waals surface area contributed by atoms with E-state index >= 15 is 0 Å². The number of aromatic nitrogens is 1. The van der Waals surface area contributed by atoms with E-state index in [2.05, 4.69) is 10.3 Å². The fraction of sp³-hybridized carbons (Fsp3) is 0.200. The molecule has 1 N–H and O–H groups in total. The first-order chi connectivity index (χ1) is 10.6. The highest BCUT2D eigenvalue weighted by Crippen LogP contribution is 2.21. The van der Waals surface area contributed by atoms with Crippen molar-refractivity contribution in [3.8, 4) is 0 Å². The van der Waals surface area contributed by atoms with Crippen molar-refractivity contribution in [1.29, 1.82) is 0 Å². The van der Waals surface area contributed by atoms with E-state index in [-0.39, 0.29) is 24.3 Å². The van der Waals surface area contributed by atoms with E-state index in [0.717, 1.165) is 5.69 Å². The van der Waals surface area contributed by atoms with Crippen LogP contribution in [0.5, 0.6) is 0 Å². The maximum atomic E-state index is 12.2. The molecule has 116 valence electrons. The summed E-state index contributed by atoms with van der Waals surface area (Å²) in [6.07, 6.45) is -1.73. The van der Waals surface area contributed by atoms with Crippen molar-refractivity contribution >= 4 is 28.1 Å². The largest absolute Gasteiger partial charge is 0.461 e. The van der Waals surface area contributed by atoms with Crippen LogP contribution in [-0.2, 0) is 4.74 Å². The Morgan fingerprint density at radius 2 is 2.05 bits per heavy atom. The number of halogens is 2. The molecule has 2 aromatic rings. The number of anilines is 2. The minimum Gasteiger partial charge on any atom is -0.461 e. The average molecular weight is 324 g/mol. The number of ether oxygens (including phenoxy) is 1. The normalized spacial score (nSPS) is 10.1. The third kappa shape index (κ3) is 4.63. The number of nitrogens with one attached hydrogen (secondary N) is 1. The Morgan fingerprint density at radius 1 is 1.32 bits per heavy atom. The van der Waals surface area contributed by atoms with Crippen LogP contribution in [0.15, 0.2) is 47.4 Å². The van der Waals surface area contributed by atoms with Crippen LogP contribution >= 0.6 is 11.3 Å². The number of hydrogen-bond acceptors (Lipinski definition) is 5. The van der Waals surface area contributed by atoms with Crippen LogP contribution < -0.4 is 5.32 Å². The maximum absolute atomic E-state index is 12.2. The van der Waals surface area contributed by atoms with Crippen LogP contribution in [-0.4, -0.2) is 17.6 Å². The summed E-state index contributed by atoms with van der Waals surface area (Å²) in [6, 6.07) is 9.41. The molecule has 0 radical (unpaired) electrons. The molecule has 0 amide bonds. The molecule has 0 unspecified atom stereocenters. The van der Waals surface area contributed by atoms with Crippen LogP contribution in [0.3, 0.4) is 0 Å². The van der Waals surface area contributed by atoms with Gasteiger partial charge in [-0.2, -0.15) is 8.78 Å². The summed E-state index contributed by atoms with van der Waals surface area (Å²) in [6.45, 7) is 1.20. The van der Waals surface area contributed by atoms with Gasteiger partial charge >= 0.3 is 5.97 Å². The van der Waals surface area contributed by atoms with E-state index in [1.54, 1.807) is 5.38 Å². The number of rotatable bonds is 6. The Morgan fingerprint density at radius 3 is 2.73 bits per heavy atom. The van der Waals surface area contributed by atoms with Crippen LogP contribution in [0.4, 0.5) is 19.6 Å². The zero-order chi connectivity index (χ0) is 15.9. The van der Waals surface area contributed by atoms with Crippen LogP contribution in [0.1, 0.15) is 23.8 Å². The lowest BCUT2D eigenvalue weighted by molar-refractivity contribution is 0.0502. The van der Waals surface area contributed by atoms with Crippen LogP contribution in [0.2, 0.25) is 0 Å². The average Bonchev–Trinajstić information content (AvgIpc) is 2.96. The van der Waals surface area contributed by atoms with Gasteiger partial charge in [-0.1, -0.05) is 18.2 Å². The number of thiazole rings is 1. The van der Waals surface area contributed by atoms with Gasteiger partial charge in [0.15, 0.2) is 10.8 Å². The van der Waals surface area contributed by atoms with E-state index < -0.39 is 12.0 Å². The monoisotopic (exact) mass is 324 g/mol. The first-order valence-electron chi connectivity index (χ1n) is 6.51. The topological polar surface area (TPSA) is 51.2 Å². The minimum atomic E-state index is -1.74. The van der Waals surface area contributed by atoms with Crippen molar-refractivity contribution in [3.05, 3.63) is 53.1 Å². The molecule has 0 saturated carbocycles. The molecular formula is C15H14F2N2O2S. The molecule has 0 aliphatic heterocycles. The van der Waals surface area contributed by atoms with Crippen molar-refractivity contribution in [3.63, 3.8) is 0 Å². The second-order valence-corrected chi connectivity index (χ2v) is 5.31. The van der Waals surface area contributed by atoms with Crippen molar-refractivity contribution in [2.45, 2.75) is 13.3 Å². The SMILES string of the molecule is CC(CCOC(=O)c1csc(Nc2ccccc2)n1)=C(F)F. The van der Waals surface area contributed by atoms with Gasteiger partial charge in [0.2, 0.25) is 0 Å². The summed E-state index contributed by atoms with van der Waals surface area (Å²) in [4.78, 5) is 15.9. The molecule has 1 aromatic carbocycles. The van der Waals surface area contributed by atoms with Crippen LogP contribution in [0, 0.1) is 0 Å². The highest BCUT2D eigenvalue weighted by molar-refractivity contribution is 7.14. The lowest BCUT2D eigenvalue weighted by atomic mass is 10.2. The third-order valence-electron chi connectivity index (χ3n) is 2.77. The molecule has 22 heavy (non-hydrogen) atoms. The standard InChI is InChI=1S/C15H14F2N2O2S/c1-10(13(16)17)7-8-21-14(20)12-9-22-15(19-12)18-11-5-3-2-4-6-11/h2-6,9H,7-8H2,1H3,(H,18,19). The number of carbonyl (C=O) groups excluding carboxylic acids is 1. The molecule has 1 aromatic heterocycles. The number of para-hydroxylation sites is 1. The van der Waals surface area contributed by atoms with E-state index in [4.69, 9.17) is 4.74 Å². The summed E-state index contributed by atoms with van der Waals surface area (Å²) >= 11 is 1.26. The molecule has 0 spiro atoms. The number of carbonyl (C=O) groups is 1. The van der Waals surface area contributed by atoms with Crippen molar-refractivity contribution < 1.29 is 18.3 Å². The van der Waals surface area contributed by atoms with Gasteiger partial charge in [-0.3, -0.25) is 0 Å². The van der Waals surface area contributed by atoms with Crippen LogP contribution in [0.25, 0.3) is 0 Å². The fourth-order valence-corrected chi connectivity index (χ4v) is 2.24. The van der Waals surface area contributed by atoms with Gasteiger partial charge < -0.3 is 10.1 Å². The highest BCUT2D eigenvalue weighted by Gasteiger charge is 2.12. The number of benzene rings is 1. The second-order valence-electron chi connectivity index (χ2n) is 4.46. The third-order valence-corrected chi connectivity index (χ3v) is 3.53. The Bertz CT molecular complexity index is 667. The number of hydrogen-bond donors (Lipinski definition) is 1. The maximum Gasteiger partial charge on any atom is 0.357 e. The van der Waals surface area contributed by atoms with Gasteiger partial charge in [0, 0.05) is 17.5 Å². The molecule has 0 aliphatic carbocycles. The molecule has 4 nitrogen and oxygen atoms in total. The van der Waals surface area contributed by atoms with Gasteiger partial charge in [-0.25, -0.2) is 9.78 Å². The van der Waals surface area contributed by atoms with Gasteiger partial charge in [0.25, 0.3) is 6.08 Å². The zero-order valence-corrected chi connectivity index (χ0v) is 12.6. The molecule has 7 heteroatoms.